The largest absolute Gasteiger partial charge is 0.376 e. The molecule has 2 N–H and O–H groups in total. The summed E-state index contributed by atoms with van der Waals surface area (Å²) in [4.78, 5) is 11.7. The number of halogens is 3. The number of nitrogens with one attached hydrogen (secondary N) is 2. The van der Waals surface area contributed by atoms with Crippen LogP contribution < -0.4 is 10.7 Å². The molecule has 0 bridgehead atoms. The maximum Gasteiger partial charge on any atom is 0.259 e. The van der Waals surface area contributed by atoms with Gasteiger partial charge in [-0.25, -0.2) is 9.82 Å². The minimum absolute atomic E-state index is 0.0521. The molecule has 0 radical (unpaired) electrons. The zero-order chi connectivity index (χ0) is 16.8. The maximum atomic E-state index is 13.4. The maximum absolute atomic E-state index is 13.4. The second-order valence-corrected chi connectivity index (χ2v) is 6.44. The molecule has 2 rings (SSSR count). The van der Waals surface area contributed by atoms with Gasteiger partial charge in [-0.1, -0.05) is 50.1 Å². The zero-order valence-corrected chi connectivity index (χ0v) is 15.4. The summed E-state index contributed by atoms with van der Waals surface area (Å²) in [6, 6.07) is 9.96. The highest BCUT2D eigenvalue weighted by atomic mass is 79.9. The summed E-state index contributed by atoms with van der Waals surface area (Å²) in [5, 5.41) is 6.73. The molecule has 1 amide bonds. The monoisotopic (exact) mass is 441 g/mol. The van der Waals surface area contributed by atoms with E-state index in [1.54, 1.807) is 18.2 Å². The summed E-state index contributed by atoms with van der Waals surface area (Å²) in [5.74, 6) is -0.719. The number of anilines is 1. The van der Waals surface area contributed by atoms with Crippen LogP contribution in [0.4, 0.5) is 10.1 Å². The molecule has 4 nitrogen and oxygen atoms in total. The van der Waals surface area contributed by atoms with Gasteiger partial charge in [0.25, 0.3) is 5.91 Å². The van der Waals surface area contributed by atoms with Crippen LogP contribution in [0.5, 0.6) is 0 Å². The van der Waals surface area contributed by atoms with Crippen LogP contribution in [0.1, 0.15) is 11.1 Å². The van der Waals surface area contributed by atoms with E-state index in [-0.39, 0.29) is 12.5 Å². The number of hydrazone groups is 1. The number of benzene rings is 2. The van der Waals surface area contributed by atoms with Gasteiger partial charge in [-0.05, 0) is 30.7 Å². The summed E-state index contributed by atoms with van der Waals surface area (Å²) >= 11 is 6.90. The first kappa shape index (κ1) is 17.6. The van der Waals surface area contributed by atoms with Crippen LogP contribution >= 0.6 is 31.9 Å². The molecule has 7 heteroatoms. The van der Waals surface area contributed by atoms with E-state index in [0.29, 0.717) is 5.56 Å². The van der Waals surface area contributed by atoms with Gasteiger partial charge in [-0.3, -0.25) is 4.79 Å². The lowest BCUT2D eigenvalue weighted by atomic mass is 10.2. The normalized spacial score (nSPS) is 10.8. The Bertz CT molecular complexity index is 727. The van der Waals surface area contributed by atoms with Crippen molar-refractivity contribution in [1.82, 2.24) is 5.43 Å². The van der Waals surface area contributed by atoms with E-state index in [4.69, 9.17) is 0 Å². The molecule has 0 fully saturated rings. The molecule has 23 heavy (non-hydrogen) atoms. The highest BCUT2D eigenvalue weighted by molar-refractivity contribution is 9.11. The standard InChI is InChI=1S/C16H14Br2FN3O/c1-10-13(17)6-12(7-14(10)18)20-9-16(23)22-21-8-11-4-2-3-5-15(11)19/h2-8,20H,9H2,1H3,(H,22,23)/b21-8+. The van der Waals surface area contributed by atoms with Gasteiger partial charge in [0.2, 0.25) is 0 Å². The van der Waals surface area contributed by atoms with E-state index in [0.717, 1.165) is 20.2 Å². The second-order valence-electron chi connectivity index (χ2n) is 4.73. The Kier molecular flexibility index (Phi) is 6.29. The van der Waals surface area contributed by atoms with Crippen LogP contribution in [-0.4, -0.2) is 18.7 Å². The molecule has 2 aromatic carbocycles. The van der Waals surface area contributed by atoms with Gasteiger partial charge >= 0.3 is 0 Å². The number of nitrogens with zero attached hydrogens (tertiary/aromatic N) is 1. The van der Waals surface area contributed by atoms with Gasteiger partial charge in [0.05, 0.1) is 12.8 Å². The second kappa shape index (κ2) is 8.21. The molecule has 0 aliphatic heterocycles. The number of hydrogen-bond donors (Lipinski definition) is 2. The van der Waals surface area contributed by atoms with Gasteiger partial charge in [0.1, 0.15) is 5.82 Å². The van der Waals surface area contributed by atoms with E-state index < -0.39 is 5.82 Å². The lowest BCUT2D eigenvalue weighted by molar-refractivity contribution is -0.119. The minimum Gasteiger partial charge on any atom is -0.376 e. The first-order chi connectivity index (χ1) is 11.0. The molecule has 0 aliphatic carbocycles. The Morgan fingerprint density at radius 3 is 2.57 bits per heavy atom. The third-order valence-corrected chi connectivity index (χ3v) is 4.68. The number of carbonyl (C=O) groups is 1. The van der Waals surface area contributed by atoms with E-state index in [1.165, 1.54) is 12.3 Å². The summed E-state index contributed by atoms with van der Waals surface area (Å²) in [5.41, 5.74) is 4.53. The molecule has 2 aromatic rings. The van der Waals surface area contributed by atoms with Crippen LogP contribution in [-0.2, 0) is 4.79 Å². The predicted molar refractivity (Wildman–Crippen MR) is 97.2 cm³/mol. The summed E-state index contributed by atoms with van der Waals surface area (Å²) in [7, 11) is 0. The Labute approximate surface area is 150 Å². The first-order valence-corrected chi connectivity index (χ1v) is 8.32. The fraction of sp³-hybridized carbons (Fsp3) is 0.125. The molecule has 0 atom stereocenters. The van der Waals surface area contributed by atoms with Crippen molar-refractivity contribution in [3.63, 3.8) is 0 Å². The van der Waals surface area contributed by atoms with E-state index in [2.05, 4.69) is 47.7 Å². The number of amides is 1. The lowest BCUT2D eigenvalue weighted by Gasteiger charge is -2.09. The van der Waals surface area contributed by atoms with Gasteiger partial charge in [-0.2, -0.15) is 5.10 Å². The zero-order valence-electron chi connectivity index (χ0n) is 12.2. The molecule has 0 heterocycles. The molecule has 0 aromatic heterocycles. The predicted octanol–water partition coefficient (Wildman–Crippen LogP) is 4.22. The van der Waals surface area contributed by atoms with Gasteiger partial charge < -0.3 is 5.32 Å². The number of carbonyl (C=O) groups excluding carboxylic acids is 1. The van der Waals surface area contributed by atoms with Crippen LogP contribution in [0.15, 0.2) is 50.4 Å². The van der Waals surface area contributed by atoms with Crippen molar-refractivity contribution in [3.8, 4) is 0 Å². The Morgan fingerprint density at radius 2 is 1.91 bits per heavy atom. The van der Waals surface area contributed by atoms with Crippen molar-refractivity contribution in [3.05, 3.63) is 62.3 Å². The van der Waals surface area contributed by atoms with Gasteiger partial charge in [-0.15, -0.1) is 0 Å². The van der Waals surface area contributed by atoms with Gasteiger partial charge in [0, 0.05) is 20.2 Å². The van der Waals surface area contributed by atoms with E-state index >= 15 is 0 Å². The van der Waals surface area contributed by atoms with Crippen LogP contribution in [0.3, 0.4) is 0 Å². The van der Waals surface area contributed by atoms with Crippen molar-refractivity contribution in [2.45, 2.75) is 6.92 Å². The van der Waals surface area contributed by atoms with Crippen LogP contribution in [0.25, 0.3) is 0 Å². The summed E-state index contributed by atoms with van der Waals surface area (Å²) < 4.78 is 15.2. The van der Waals surface area contributed by atoms with Crippen molar-refractivity contribution in [2.75, 3.05) is 11.9 Å². The molecular formula is C16H14Br2FN3O. The molecule has 0 spiro atoms. The third-order valence-electron chi connectivity index (χ3n) is 3.03. The van der Waals surface area contributed by atoms with Crippen molar-refractivity contribution < 1.29 is 9.18 Å². The van der Waals surface area contributed by atoms with Gasteiger partial charge in [0.15, 0.2) is 0 Å². The molecule has 0 saturated heterocycles. The van der Waals surface area contributed by atoms with Crippen molar-refractivity contribution in [2.24, 2.45) is 5.10 Å². The van der Waals surface area contributed by atoms with Crippen molar-refractivity contribution in [1.29, 1.82) is 0 Å². The molecule has 0 aliphatic rings. The molecule has 0 saturated carbocycles. The average Bonchev–Trinajstić information content (AvgIpc) is 2.52. The topological polar surface area (TPSA) is 53.5 Å². The number of hydrogen-bond acceptors (Lipinski definition) is 3. The summed E-state index contributed by atoms with van der Waals surface area (Å²) in [6.45, 7) is 2.03. The van der Waals surface area contributed by atoms with Crippen LogP contribution in [0, 0.1) is 12.7 Å². The SMILES string of the molecule is Cc1c(Br)cc(NCC(=O)N/N=C/c2ccccc2F)cc1Br. The molecule has 0 unspecified atom stereocenters. The summed E-state index contributed by atoms with van der Waals surface area (Å²) in [6.07, 6.45) is 1.27. The van der Waals surface area contributed by atoms with Crippen LogP contribution in [0.2, 0.25) is 0 Å². The highest BCUT2D eigenvalue weighted by Crippen LogP contribution is 2.28. The smallest absolute Gasteiger partial charge is 0.259 e. The van der Waals surface area contributed by atoms with Crippen molar-refractivity contribution >= 4 is 49.7 Å². The minimum atomic E-state index is -0.391. The Morgan fingerprint density at radius 1 is 1.26 bits per heavy atom. The number of rotatable bonds is 5. The fourth-order valence-corrected chi connectivity index (χ4v) is 2.91. The quantitative estimate of drug-likeness (QED) is 0.538. The third kappa shape index (κ3) is 5.14. The average molecular weight is 443 g/mol. The Balaban J connectivity index is 1.87. The molecule has 120 valence electrons. The fourth-order valence-electron chi connectivity index (χ4n) is 1.72. The van der Waals surface area contributed by atoms with E-state index in [1.807, 2.05) is 19.1 Å². The first-order valence-electron chi connectivity index (χ1n) is 6.73. The highest BCUT2D eigenvalue weighted by Gasteiger charge is 2.05. The molecular weight excluding hydrogens is 429 g/mol. The van der Waals surface area contributed by atoms with E-state index in [9.17, 15) is 9.18 Å². The Hall–Kier alpha value is -1.73. The lowest BCUT2D eigenvalue weighted by Crippen LogP contribution is -2.25.